The van der Waals surface area contributed by atoms with Crippen LogP contribution in [0.2, 0.25) is 0 Å². The SMILES string of the molecule is CCCC(=O)OCC(=O)[C@@]1(OC(=O)CCC)[C@H](C)C[C@@H]2[C@H]3CCC4=CC(=O)C=C[C@]4(C)[C@@]3(F)[C@H](OC(=O)CCC)C[C@@]21C. The topological polar surface area (TPSA) is 113 Å². The molecule has 0 N–H and O–H groups in total. The van der Waals surface area contributed by atoms with Crippen LogP contribution in [0.15, 0.2) is 23.8 Å². The van der Waals surface area contributed by atoms with Gasteiger partial charge in [-0.05, 0) is 69.9 Å². The molecule has 0 heterocycles. The first-order chi connectivity index (χ1) is 20.2. The van der Waals surface area contributed by atoms with Gasteiger partial charge >= 0.3 is 17.9 Å². The van der Waals surface area contributed by atoms with Crippen molar-refractivity contribution in [3.05, 3.63) is 23.8 Å². The minimum atomic E-state index is -2.07. The van der Waals surface area contributed by atoms with Gasteiger partial charge in [-0.25, -0.2) is 4.39 Å². The minimum absolute atomic E-state index is 0.0663. The first kappa shape index (κ1) is 33.1. The summed E-state index contributed by atoms with van der Waals surface area (Å²) in [5, 5.41) is 0. The van der Waals surface area contributed by atoms with E-state index < -0.39 is 76.3 Å². The first-order valence-corrected chi connectivity index (χ1v) is 16.0. The maximum atomic E-state index is 18.3. The van der Waals surface area contributed by atoms with Crippen LogP contribution in [0.1, 0.15) is 106 Å². The zero-order valence-corrected chi connectivity index (χ0v) is 26.5. The third kappa shape index (κ3) is 5.18. The molecule has 9 heteroatoms. The third-order valence-electron chi connectivity index (χ3n) is 10.8. The van der Waals surface area contributed by atoms with E-state index in [4.69, 9.17) is 14.2 Å². The van der Waals surface area contributed by atoms with Gasteiger partial charge in [-0.15, -0.1) is 0 Å². The van der Waals surface area contributed by atoms with Crippen LogP contribution in [0.4, 0.5) is 4.39 Å². The zero-order chi connectivity index (χ0) is 31.8. The van der Waals surface area contributed by atoms with Gasteiger partial charge in [-0.1, -0.05) is 46.3 Å². The molecule has 3 fully saturated rings. The molecule has 8 nitrogen and oxygen atoms in total. The van der Waals surface area contributed by atoms with Gasteiger partial charge in [0, 0.05) is 41.9 Å². The molecule has 0 aromatic rings. The van der Waals surface area contributed by atoms with E-state index in [2.05, 4.69) is 0 Å². The largest absolute Gasteiger partial charge is 0.459 e. The van der Waals surface area contributed by atoms with Crippen molar-refractivity contribution >= 4 is 29.5 Å². The highest BCUT2D eigenvalue weighted by Crippen LogP contribution is 2.72. The molecule has 0 spiro atoms. The molecule has 4 aliphatic rings. The molecule has 0 saturated heterocycles. The Morgan fingerprint density at radius 3 is 2.23 bits per heavy atom. The second-order valence-electron chi connectivity index (χ2n) is 13.4. The smallest absolute Gasteiger partial charge is 0.306 e. The summed E-state index contributed by atoms with van der Waals surface area (Å²) >= 11 is 0. The summed E-state index contributed by atoms with van der Waals surface area (Å²) in [6.07, 6.45) is 6.34. The highest BCUT2D eigenvalue weighted by molar-refractivity contribution is 6.01. The number of allylic oxidation sites excluding steroid dienone is 4. The molecule has 3 saturated carbocycles. The minimum Gasteiger partial charge on any atom is -0.459 e. The van der Waals surface area contributed by atoms with Crippen LogP contribution in [-0.4, -0.2) is 53.5 Å². The molecule has 0 aliphatic heterocycles. The Labute approximate surface area is 254 Å². The van der Waals surface area contributed by atoms with Crippen molar-refractivity contribution in [3.63, 3.8) is 0 Å². The Balaban J connectivity index is 1.86. The second kappa shape index (κ2) is 12.3. The van der Waals surface area contributed by atoms with Gasteiger partial charge < -0.3 is 14.2 Å². The number of hydrogen-bond donors (Lipinski definition) is 0. The number of Topliss-reactive ketones (excluding diaryl/α,β-unsaturated/α-hetero) is 1. The van der Waals surface area contributed by atoms with Crippen molar-refractivity contribution in [2.24, 2.45) is 28.6 Å². The maximum Gasteiger partial charge on any atom is 0.306 e. The van der Waals surface area contributed by atoms with Crippen LogP contribution in [0.5, 0.6) is 0 Å². The van der Waals surface area contributed by atoms with E-state index in [1.165, 1.54) is 12.2 Å². The molecule has 0 unspecified atom stereocenters. The summed E-state index contributed by atoms with van der Waals surface area (Å²) in [4.78, 5) is 65.1. The fraction of sp³-hybridized carbons (Fsp3) is 0.735. The number of carbonyl (C=O) groups is 5. The van der Waals surface area contributed by atoms with Crippen molar-refractivity contribution < 1.29 is 42.6 Å². The second-order valence-corrected chi connectivity index (χ2v) is 13.4. The molecule has 238 valence electrons. The summed E-state index contributed by atoms with van der Waals surface area (Å²) < 4.78 is 35.9. The molecule has 4 aliphatic carbocycles. The van der Waals surface area contributed by atoms with Gasteiger partial charge in [0.2, 0.25) is 5.78 Å². The van der Waals surface area contributed by atoms with Crippen molar-refractivity contribution in [1.82, 2.24) is 0 Å². The fourth-order valence-corrected chi connectivity index (χ4v) is 8.88. The maximum absolute atomic E-state index is 18.3. The Morgan fingerprint density at radius 1 is 0.953 bits per heavy atom. The van der Waals surface area contributed by atoms with Crippen molar-refractivity contribution in [2.75, 3.05) is 6.61 Å². The molecule has 0 aromatic heterocycles. The van der Waals surface area contributed by atoms with Crippen LogP contribution in [-0.2, 0) is 38.2 Å². The number of carbonyl (C=O) groups excluding carboxylic acids is 5. The van der Waals surface area contributed by atoms with Gasteiger partial charge in [-0.3, -0.25) is 24.0 Å². The number of alkyl halides is 1. The van der Waals surface area contributed by atoms with Crippen LogP contribution < -0.4 is 0 Å². The predicted molar refractivity (Wildman–Crippen MR) is 156 cm³/mol. The van der Waals surface area contributed by atoms with E-state index in [9.17, 15) is 24.0 Å². The lowest BCUT2D eigenvalue weighted by atomic mass is 9.44. The van der Waals surface area contributed by atoms with Gasteiger partial charge in [-0.2, -0.15) is 0 Å². The summed E-state index contributed by atoms with van der Waals surface area (Å²) in [6, 6.07) is 0. The standard InChI is InChI=1S/C34H47FO8/c1-7-10-28(38)41-20-26(37)34(43-30(40)12-9-3)21(4)17-25-24-14-13-22-18-23(36)15-16-31(22,5)33(24,35)27(19-32(25,34)6)42-29(39)11-8-2/h15-16,18,21,24-25,27H,7-14,17,19-20H2,1-6H3/t21-,24-,25-,27-,31+,32+,33+,34+/m1/s1. The zero-order valence-electron chi connectivity index (χ0n) is 26.5. The first-order valence-electron chi connectivity index (χ1n) is 16.0. The van der Waals surface area contributed by atoms with Crippen LogP contribution in [0.25, 0.3) is 0 Å². The summed E-state index contributed by atoms with van der Waals surface area (Å²) in [6.45, 7) is 10.4. The highest BCUT2D eigenvalue weighted by Gasteiger charge is 2.78. The van der Waals surface area contributed by atoms with E-state index >= 15 is 4.39 Å². The number of rotatable bonds is 11. The van der Waals surface area contributed by atoms with E-state index in [0.717, 1.165) is 0 Å². The molecule has 4 rings (SSSR count). The molecule has 0 bridgehead atoms. The average Bonchev–Trinajstić information content (AvgIpc) is 3.15. The molecular weight excluding hydrogens is 555 g/mol. The van der Waals surface area contributed by atoms with Crippen LogP contribution >= 0.6 is 0 Å². The number of fused-ring (bicyclic) bond motifs is 5. The molecular formula is C34H47FO8. The van der Waals surface area contributed by atoms with Gasteiger partial charge in [0.25, 0.3) is 0 Å². The number of ether oxygens (including phenoxy) is 3. The average molecular weight is 603 g/mol. The lowest BCUT2D eigenvalue weighted by Gasteiger charge is -2.63. The predicted octanol–water partition coefficient (Wildman–Crippen LogP) is 5.95. The van der Waals surface area contributed by atoms with Crippen LogP contribution in [0.3, 0.4) is 0 Å². The van der Waals surface area contributed by atoms with E-state index in [0.29, 0.717) is 44.1 Å². The summed E-state index contributed by atoms with van der Waals surface area (Å²) in [7, 11) is 0. The van der Waals surface area contributed by atoms with Crippen molar-refractivity contribution in [1.29, 1.82) is 0 Å². The van der Waals surface area contributed by atoms with Crippen molar-refractivity contribution in [3.8, 4) is 0 Å². The number of halogens is 1. The van der Waals surface area contributed by atoms with Crippen molar-refractivity contribution in [2.45, 2.75) is 123 Å². The number of esters is 3. The Kier molecular flexibility index (Phi) is 9.44. The molecule has 0 amide bonds. The lowest BCUT2D eigenvalue weighted by molar-refractivity contribution is -0.236. The Bertz CT molecular complexity index is 1220. The summed E-state index contributed by atoms with van der Waals surface area (Å²) in [5.74, 6) is -3.92. The van der Waals surface area contributed by atoms with E-state index in [-0.39, 0.29) is 31.5 Å². The Hall–Kier alpha value is -2.84. The Morgan fingerprint density at radius 2 is 1.58 bits per heavy atom. The number of hydrogen-bond acceptors (Lipinski definition) is 8. The van der Waals surface area contributed by atoms with Crippen LogP contribution in [0, 0.1) is 28.6 Å². The van der Waals surface area contributed by atoms with Gasteiger partial charge in [0.05, 0.1) is 0 Å². The highest BCUT2D eigenvalue weighted by atomic mass is 19.1. The van der Waals surface area contributed by atoms with Gasteiger partial charge in [0.15, 0.2) is 23.7 Å². The normalized spacial score (nSPS) is 37.8. The molecule has 0 aromatic carbocycles. The molecule has 8 atom stereocenters. The van der Waals surface area contributed by atoms with E-state index in [1.807, 2.05) is 34.6 Å². The molecule has 43 heavy (non-hydrogen) atoms. The third-order valence-corrected chi connectivity index (χ3v) is 10.8. The van der Waals surface area contributed by atoms with E-state index in [1.54, 1.807) is 13.0 Å². The monoisotopic (exact) mass is 602 g/mol. The molecule has 0 radical (unpaired) electrons. The quantitative estimate of drug-likeness (QED) is 0.211. The van der Waals surface area contributed by atoms with Gasteiger partial charge in [0.1, 0.15) is 6.10 Å². The lowest BCUT2D eigenvalue weighted by Crippen LogP contribution is -2.70. The summed E-state index contributed by atoms with van der Waals surface area (Å²) in [5.41, 5.74) is -5.42. The fourth-order valence-electron chi connectivity index (χ4n) is 8.88. The number of ketones is 2.